The topological polar surface area (TPSA) is 114 Å². The molecule has 1 aromatic heterocycles. The molecule has 2 aliphatic carbocycles. The van der Waals surface area contributed by atoms with Crippen molar-refractivity contribution in [3.63, 3.8) is 0 Å². The zero-order valence-electron chi connectivity index (χ0n) is 23.2. The number of halogens is 4. The molecular formula is C31H25F4N3O5S. The third-order valence-electron chi connectivity index (χ3n) is 7.48. The number of sulfone groups is 1. The number of hydrogen-bond acceptors (Lipinski definition) is 7. The molecular weight excluding hydrogens is 602 g/mol. The van der Waals surface area contributed by atoms with Gasteiger partial charge in [0.05, 0.1) is 22.8 Å². The van der Waals surface area contributed by atoms with Gasteiger partial charge in [0.2, 0.25) is 0 Å². The van der Waals surface area contributed by atoms with E-state index in [9.17, 15) is 26.4 Å². The monoisotopic (exact) mass is 627 g/mol. The standard InChI is InChI=1S/C31H25F4N3O5S/c1-16-8-21(42-26-5-3-2-4-24(26)32)13-25(33)28(16)38-30(36)23(14-37-38)29(39)19-9-17-11-20(15-44(40,41)22-6-7-22)27(43-31(34)35)12-18(17)10-19/h2-5,8,10-14,22,31H,6-7,9,15,36H2,1H3. The molecule has 2 aliphatic rings. The predicted octanol–water partition coefficient (Wildman–Crippen LogP) is 6.33. The van der Waals surface area contributed by atoms with Gasteiger partial charge >= 0.3 is 6.61 Å². The lowest BCUT2D eigenvalue weighted by molar-refractivity contribution is -0.0503. The van der Waals surface area contributed by atoms with Crippen molar-refractivity contribution in [1.82, 2.24) is 9.78 Å². The molecule has 0 amide bonds. The number of hydrogen-bond donors (Lipinski definition) is 1. The van der Waals surface area contributed by atoms with Crippen LogP contribution in [0.4, 0.5) is 23.4 Å². The van der Waals surface area contributed by atoms with Gasteiger partial charge in [-0.05, 0) is 66.8 Å². The summed E-state index contributed by atoms with van der Waals surface area (Å²) in [4.78, 5) is 13.5. The number of nitrogen functional groups attached to an aromatic ring is 1. The summed E-state index contributed by atoms with van der Waals surface area (Å²) < 4.78 is 92.0. The number of aromatic nitrogens is 2. The molecule has 4 aromatic rings. The van der Waals surface area contributed by atoms with E-state index in [1.54, 1.807) is 13.0 Å². The fourth-order valence-electron chi connectivity index (χ4n) is 5.22. The Morgan fingerprint density at radius 2 is 1.84 bits per heavy atom. The van der Waals surface area contributed by atoms with Gasteiger partial charge in [-0.25, -0.2) is 21.9 Å². The number of carbonyl (C=O) groups is 1. The Balaban J connectivity index is 1.26. The van der Waals surface area contributed by atoms with Crippen LogP contribution in [-0.2, 0) is 22.0 Å². The molecule has 0 saturated heterocycles. The maximum Gasteiger partial charge on any atom is 0.387 e. The highest BCUT2D eigenvalue weighted by molar-refractivity contribution is 7.91. The number of allylic oxidation sites excluding steroid dienone is 1. The molecule has 0 spiro atoms. The van der Waals surface area contributed by atoms with E-state index in [0.717, 1.165) is 10.7 Å². The van der Waals surface area contributed by atoms with Crippen LogP contribution in [-0.4, -0.2) is 35.8 Å². The highest BCUT2D eigenvalue weighted by atomic mass is 32.2. The molecule has 13 heteroatoms. The lowest BCUT2D eigenvalue weighted by Crippen LogP contribution is -2.13. The molecule has 1 fully saturated rings. The first kappa shape index (κ1) is 29.4. The van der Waals surface area contributed by atoms with Crippen LogP contribution >= 0.6 is 0 Å². The number of fused-ring (bicyclic) bond motifs is 1. The van der Waals surface area contributed by atoms with E-state index in [1.807, 2.05) is 0 Å². The second kappa shape index (κ2) is 11.1. The summed E-state index contributed by atoms with van der Waals surface area (Å²) in [6.07, 6.45) is 3.83. The molecule has 1 saturated carbocycles. The maximum atomic E-state index is 15.3. The number of nitrogens with two attached hydrogens (primary N) is 1. The van der Waals surface area contributed by atoms with Crippen molar-refractivity contribution in [3.05, 3.63) is 99.8 Å². The van der Waals surface area contributed by atoms with Crippen LogP contribution in [0.5, 0.6) is 17.2 Å². The number of ketones is 1. The Morgan fingerprint density at radius 1 is 1.09 bits per heavy atom. The van der Waals surface area contributed by atoms with Crippen LogP contribution in [0.2, 0.25) is 0 Å². The van der Waals surface area contributed by atoms with Gasteiger partial charge in [0.25, 0.3) is 0 Å². The quantitative estimate of drug-likeness (QED) is 0.161. The van der Waals surface area contributed by atoms with E-state index in [-0.39, 0.29) is 51.9 Å². The van der Waals surface area contributed by atoms with Crippen molar-refractivity contribution in [1.29, 1.82) is 0 Å². The van der Waals surface area contributed by atoms with Gasteiger partial charge in [-0.2, -0.15) is 13.9 Å². The van der Waals surface area contributed by atoms with Crippen molar-refractivity contribution in [2.75, 3.05) is 5.73 Å². The van der Waals surface area contributed by atoms with Crippen LogP contribution in [0.1, 0.15) is 45.5 Å². The average molecular weight is 628 g/mol. The van der Waals surface area contributed by atoms with E-state index < -0.39 is 44.9 Å². The van der Waals surface area contributed by atoms with Crippen LogP contribution in [0, 0.1) is 18.6 Å². The van der Waals surface area contributed by atoms with Crippen molar-refractivity contribution >= 4 is 27.5 Å². The summed E-state index contributed by atoms with van der Waals surface area (Å²) in [7, 11) is -3.54. The summed E-state index contributed by atoms with van der Waals surface area (Å²) in [6.45, 7) is -1.60. The molecule has 0 radical (unpaired) electrons. The van der Waals surface area contributed by atoms with Crippen molar-refractivity contribution in [3.8, 4) is 22.9 Å². The normalized spacial score (nSPS) is 14.5. The smallest absolute Gasteiger partial charge is 0.387 e. The van der Waals surface area contributed by atoms with Crippen molar-refractivity contribution < 1.29 is 40.2 Å². The number of carbonyl (C=O) groups excluding carboxylic acids is 1. The Kier molecular flexibility index (Phi) is 7.44. The average Bonchev–Trinajstić information content (AvgIpc) is 3.65. The first-order valence-electron chi connectivity index (χ1n) is 13.5. The van der Waals surface area contributed by atoms with Gasteiger partial charge in [0.1, 0.15) is 23.0 Å². The zero-order chi connectivity index (χ0) is 31.3. The van der Waals surface area contributed by atoms with E-state index in [1.165, 1.54) is 48.7 Å². The minimum Gasteiger partial charge on any atom is -0.454 e. The summed E-state index contributed by atoms with van der Waals surface area (Å²) in [5.41, 5.74) is 7.89. The molecule has 44 heavy (non-hydrogen) atoms. The molecule has 6 rings (SSSR count). The van der Waals surface area contributed by atoms with E-state index in [2.05, 4.69) is 9.84 Å². The van der Waals surface area contributed by atoms with Crippen molar-refractivity contribution in [2.45, 2.75) is 43.8 Å². The van der Waals surface area contributed by atoms with Gasteiger partial charge in [-0.15, -0.1) is 0 Å². The Hall–Kier alpha value is -4.65. The number of alkyl halides is 2. The number of Topliss-reactive ketones (excluding diaryl/α,β-unsaturated/α-hetero) is 1. The molecule has 0 atom stereocenters. The van der Waals surface area contributed by atoms with Gasteiger partial charge in [-0.3, -0.25) is 4.79 Å². The summed E-state index contributed by atoms with van der Waals surface area (Å²) >= 11 is 0. The number of anilines is 1. The van der Waals surface area contributed by atoms with Gasteiger partial charge in [0.15, 0.2) is 33.0 Å². The molecule has 228 valence electrons. The largest absolute Gasteiger partial charge is 0.454 e. The number of rotatable bonds is 10. The number of ether oxygens (including phenoxy) is 2. The minimum atomic E-state index is -3.54. The molecule has 1 heterocycles. The molecule has 2 N–H and O–H groups in total. The Labute approximate surface area is 249 Å². The molecule has 3 aromatic carbocycles. The molecule has 8 nitrogen and oxygen atoms in total. The fourth-order valence-corrected chi connectivity index (χ4v) is 6.97. The third kappa shape index (κ3) is 5.66. The molecule has 0 aliphatic heterocycles. The minimum absolute atomic E-state index is 0.0184. The number of benzene rings is 3. The van der Waals surface area contributed by atoms with Crippen LogP contribution in [0.15, 0.2) is 60.3 Å². The third-order valence-corrected chi connectivity index (χ3v) is 9.68. The lowest BCUT2D eigenvalue weighted by atomic mass is 10.0. The van der Waals surface area contributed by atoms with E-state index >= 15 is 4.39 Å². The zero-order valence-corrected chi connectivity index (χ0v) is 24.0. The number of aryl methyl sites for hydroxylation is 1. The van der Waals surface area contributed by atoms with Gasteiger partial charge in [-0.1, -0.05) is 18.2 Å². The highest BCUT2D eigenvalue weighted by Gasteiger charge is 2.37. The predicted molar refractivity (Wildman–Crippen MR) is 154 cm³/mol. The highest BCUT2D eigenvalue weighted by Crippen LogP contribution is 2.38. The second-order valence-corrected chi connectivity index (χ2v) is 13.0. The lowest BCUT2D eigenvalue weighted by Gasteiger charge is -2.13. The Morgan fingerprint density at radius 3 is 2.52 bits per heavy atom. The van der Waals surface area contributed by atoms with Crippen molar-refractivity contribution in [2.24, 2.45) is 0 Å². The molecule has 0 unspecified atom stereocenters. The molecule has 0 bridgehead atoms. The van der Waals surface area contributed by atoms with Crippen LogP contribution in [0.25, 0.3) is 11.8 Å². The van der Waals surface area contributed by atoms with E-state index in [0.29, 0.717) is 29.5 Å². The fraction of sp³-hybridized carbons (Fsp3) is 0.226. The number of nitrogens with zero attached hydrogens (tertiary/aromatic N) is 2. The first-order valence-corrected chi connectivity index (χ1v) is 15.3. The number of para-hydroxylation sites is 1. The van der Waals surface area contributed by atoms with Gasteiger partial charge < -0.3 is 15.2 Å². The second-order valence-electron chi connectivity index (χ2n) is 10.7. The van der Waals surface area contributed by atoms with Crippen LogP contribution < -0.4 is 15.2 Å². The van der Waals surface area contributed by atoms with E-state index in [4.69, 9.17) is 10.5 Å². The SMILES string of the molecule is Cc1cc(Oc2ccccc2F)cc(F)c1-n1ncc(C(=O)C2=Cc3cc(OC(F)F)c(CS(=O)(=O)C4CC4)cc3C2)c1N. The Bertz CT molecular complexity index is 1930. The summed E-state index contributed by atoms with van der Waals surface area (Å²) in [6, 6.07) is 11.0. The maximum absolute atomic E-state index is 15.3. The van der Waals surface area contributed by atoms with Crippen LogP contribution in [0.3, 0.4) is 0 Å². The summed E-state index contributed by atoms with van der Waals surface area (Å²) in [5.74, 6) is -2.82. The first-order chi connectivity index (χ1) is 20.9. The summed E-state index contributed by atoms with van der Waals surface area (Å²) in [5, 5.41) is 3.64. The van der Waals surface area contributed by atoms with Gasteiger partial charge in [0, 0.05) is 23.6 Å².